The van der Waals surface area contributed by atoms with E-state index >= 15 is 0 Å². The number of carbonyl (C=O) groups excluding carboxylic acids is 2. The summed E-state index contributed by atoms with van der Waals surface area (Å²) in [4.78, 5) is 25.7. The molecular formula is C24H18O4S2. The number of esters is 2. The normalized spacial score (nSPS) is 10.6. The lowest BCUT2D eigenvalue weighted by atomic mass is 10.0. The second-order valence-corrected chi connectivity index (χ2v) is 8.30. The Kier molecular flexibility index (Phi) is 5.79. The van der Waals surface area contributed by atoms with Gasteiger partial charge < -0.3 is 9.47 Å². The number of hydrogen-bond donors (Lipinski definition) is 0. The van der Waals surface area contributed by atoms with E-state index in [-0.39, 0.29) is 11.9 Å². The molecule has 0 fully saturated rings. The lowest BCUT2D eigenvalue weighted by Crippen LogP contribution is -2.00. The fourth-order valence-electron chi connectivity index (χ4n) is 3.24. The Morgan fingerprint density at radius 1 is 0.567 bits per heavy atom. The summed E-state index contributed by atoms with van der Waals surface area (Å²) in [6.07, 6.45) is 0. The summed E-state index contributed by atoms with van der Waals surface area (Å²) < 4.78 is 9.72. The van der Waals surface area contributed by atoms with Crippen molar-refractivity contribution in [3.8, 4) is 32.0 Å². The third-order valence-electron chi connectivity index (χ3n) is 4.77. The fourth-order valence-corrected chi connectivity index (χ4v) is 5.02. The zero-order valence-corrected chi connectivity index (χ0v) is 18.0. The maximum Gasteiger partial charge on any atom is 0.339 e. The second-order valence-electron chi connectivity index (χ2n) is 6.46. The van der Waals surface area contributed by atoms with Gasteiger partial charge >= 0.3 is 11.9 Å². The Morgan fingerprint density at radius 3 is 1.23 bits per heavy atom. The van der Waals surface area contributed by atoms with Crippen LogP contribution in [0.2, 0.25) is 0 Å². The molecule has 0 aliphatic heterocycles. The van der Waals surface area contributed by atoms with E-state index in [1.165, 1.54) is 36.9 Å². The molecule has 4 nitrogen and oxygen atoms in total. The molecule has 0 N–H and O–H groups in total. The van der Waals surface area contributed by atoms with E-state index in [0.29, 0.717) is 11.1 Å². The highest BCUT2D eigenvalue weighted by atomic mass is 32.1. The minimum atomic E-state index is -0.328. The molecule has 150 valence electrons. The number of thiophene rings is 2. The van der Waals surface area contributed by atoms with E-state index in [2.05, 4.69) is 0 Å². The van der Waals surface area contributed by atoms with Crippen molar-refractivity contribution in [1.82, 2.24) is 0 Å². The summed E-state index contributed by atoms with van der Waals surface area (Å²) in [5.74, 6) is -0.656. The van der Waals surface area contributed by atoms with Gasteiger partial charge in [-0.15, -0.1) is 22.7 Å². The lowest BCUT2D eigenvalue weighted by molar-refractivity contribution is 0.0593. The van der Waals surface area contributed by atoms with Crippen LogP contribution in [0.15, 0.2) is 71.4 Å². The summed E-state index contributed by atoms with van der Waals surface area (Å²) >= 11 is 3.03. The smallest absolute Gasteiger partial charge is 0.339 e. The Bertz CT molecular complexity index is 1090. The van der Waals surface area contributed by atoms with Crippen molar-refractivity contribution in [3.63, 3.8) is 0 Å². The first-order valence-corrected chi connectivity index (χ1v) is 10.9. The minimum absolute atomic E-state index is 0.328. The fraction of sp³-hybridized carbons (Fsp3) is 0.0833. The van der Waals surface area contributed by atoms with Crippen LogP contribution in [0.4, 0.5) is 0 Å². The average molecular weight is 435 g/mol. The summed E-state index contributed by atoms with van der Waals surface area (Å²) in [7, 11) is 2.78. The number of ether oxygens (including phenoxy) is 2. The molecule has 0 aliphatic rings. The second kappa shape index (κ2) is 8.65. The van der Waals surface area contributed by atoms with Gasteiger partial charge in [0, 0.05) is 9.75 Å². The number of methoxy groups -OCH3 is 2. The van der Waals surface area contributed by atoms with E-state index in [1.54, 1.807) is 12.1 Å². The van der Waals surface area contributed by atoms with Gasteiger partial charge in [0.05, 0.1) is 25.3 Å². The largest absolute Gasteiger partial charge is 0.465 e. The highest BCUT2D eigenvalue weighted by molar-refractivity contribution is 7.14. The lowest BCUT2D eigenvalue weighted by Gasteiger charge is -2.07. The molecule has 6 heteroatoms. The average Bonchev–Trinajstić information content (AvgIpc) is 3.48. The third-order valence-corrected chi connectivity index (χ3v) is 6.70. The quantitative estimate of drug-likeness (QED) is 0.342. The van der Waals surface area contributed by atoms with Crippen molar-refractivity contribution in [1.29, 1.82) is 0 Å². The summed E-state index contributed by atoms with van der Waals surface area (Å²) in [5.41, 5.74) is 5.26. The molecule has 4 aromatic rings. The van der Waals surface area contributed by atoms with Gasteiger partial charge in [-0.25, -0.2) is 9.59 Å². The minimum Gasteiger partial charge on any atom is -0.465 e. The van der Waals surface area contributed by atoms with E-state index in [1.807, 2.05) is 59.3 Å². The maximum absolute atomic E-state index is 11.9. The molecule has 0 radical (unpaired) electrons. The van der Waals surface area contributed by atoms with Crippen molar-refractivity contribution in [2.75, 3.05) is 14.2 Å². The summed E-state index contributed by atoms with van der Waals surface area (Å²) in [6.45, 7) is 0. The van der Waals surface area contributed by atoms with Gasteiger partial charge in [0.25, 0.3) is 0 Å². The Labute approximate surface area is 182 Å². The highest BCUT2D eigenvalue weighted by Gasteiger charge is 2.16. The molecule has 0 atom stereocenters. The number of rotatable bonds is 5. The number of benzene rings is 2. The SMILES string of the molecule is COC(=O)c1ccsc1-c1ccc(-c2ccc(-c3sccc3C(=O)OC)cc2)cc1. The van der Waals surface area contributed by atoms with Crippen LogP contribution in [0.1, 0.15) is 20.7 Å². The number of carbonyl (C=O) groups is 2. The molecular weight excluding hydrogens is 416 g/mol. The van der Waals surface area contributed by atoms with Crippen molar-refractivity contribution < 1.29 is 19.1 Å². The maximum atomic E-state index is 11.9. The van der Waals surface area contributed by atoms with Crippen molar-refractivity contribution in [3.05, 3.63) is 82.6 Å². The van der Waals surface area contributed by atoms with Crippen molar-refractivity contribution in [2.24, 2.45) is 0 Å². The van der Waals surface area contributed by atoms with E-state index in [9.17, 15) is 9.59 Å². The zero-order valence-electron chi connectivity index (χ0n) is 16.4. The van der Waals surface area contributed by atoms with Crippen molar-refractivity contribution >= 4 is 34.6 Å². The predicted octanol–water partition coefficient (Wildman–Crippen LogP) is 6.38. The van der Waals surface area contributed by atoms with Crippen LogP contribution in [0.25, 0.3) is 32.0 Å². The summed E-state index contributed by atoms with van der Waals surface area (Å²) in [6, 6.07) is 19.8. The zero-order chi connectivity index (χ0) is 21.1. The molecule has 0 aliphatic carbocycles. The van der Waals surface area contributed by atoms with E-state index < -0.39 is 0 Å². The molecule has 2 aromatic carbocycles. The van der Waals surface area contributed by atoms with Crippen LogP contribution in [-0.2, 0) is 9.47 Å². The first-order valence-electron chi connectivity index (χ1n) is 9.15. The van der Waals surface area contributed by atoms with Gasteiger partial charge in [-0.1, -0.05) is 48.5 Å². The monoisotopic (exact) mass is 434 g/mol. The van der Waals surface area contributed by atoms with Gasteiger partial charge in [0.2, 0.25) is 0 Å². The van der Waals surface area contributed by atoms with Crippen LogP contribution in [-0.4, -0.2) is 26.2 Å². The predicted molar refractivity (Wildman–Crippen MR) is 121 cm³/mol. The molecule has 0 unspecified atom stereocenters. The van der Waals surface area contributed by atoms with Crippen LogP contribution >= 0.6 is 22.7 Å². The van der Waals surface area contributed by atoms with Gasteiger partial charge in [0.15, 0.2) is 0 Å². The molecule has 30 heavy (non-hydrogen) atoms. The molecule has 0 spiro atoms. The number of hydrogen-bond acceptors (Lipinski definition) is 6. The molecule has 0 amide bonds. The molecule has 0 saturated heterocycles. The summed E-state index contributed by atoms with van der Waals surface area (Å²) in [5, 5.41) is 3.78. The highest BCUT2D eigenvalue weighted by Crippen LogP contribution is 2.34. The van der Waals surface area contributed by atoms with Crippen molar-refractivity contribution in [2.45, 2.75) is 0 Å². The third kappa shape index (κ3) is 3.79. The first-order chi connectivity index (χ1) is 14.6. The topological polar surface area (TPSA) is 52.6 Å². The molecule has 2 aromatic heterocycles. The van der Waals surface area contributed by atoms with Crippen LogP contribution in [0.5, 0.6) is 0 Å². The van der Waals surface area contributed by atoms with E-state index in [4.69, 9.17) is 9.47 Å². The van der Waals surface area contributed by atoms with E-state index in [0.717, 1.165) is 32.0 Å². The molecule has 2 heterocycles. The standard InChI is InChI=1S/C24H18O4S2/c1-27-23(25)19-11-13-29-21(19)17-7-3-15(4-8-17)16-5-9-18(10-6-16)22-20(12-14-30-22)24(26)28-2/h3-14H,1-2H3. The molecule has 0 bridgehead atoms. The van der Waals surface area contributed by atoms with Crippen LogP contribution in [0.3, 0.4) is 0 Å². The Balaban J connectivity index is 1.59. The Hall–Kier alpha value is -3.22. The van der Waals surface area contributed by atoms with Crippen LogP contribution < -0.4 is 0 Å². The van der Waals surface area contributed by atoms with Gasteiger partial charge in [-0.2, -0.15) is 0 Å². The van der Waals surface area contributed by atoms with Gasteiger partial charge in [0.1, 0.15) is 0 Å². The first kappa shape index (κ1) is 20.1. The van der Waals surface area contributed by atoms with Gasteiger partial charge in [-0.3, -0.25) is 0 Å². The molecule has 0 saturated carbocycles. The van der Waals surface area contributed by atoms with Gasteiger partial charge in [-0.05, 0) is 45.1 Å². The Morgan fingerprint density at radius 2 is 0.900 bits per heavy atom. The molecule has 4 rings (SSSR count). The van der Waals surface area contributed by atoms with Crippen LogP contribution in [0, 0.1) is 0 Å².